The molecule has 2 aromatic rings. The fourth-order valence-corrected chi connectivity index (χ4v) is 1.42. The zero-order chi connectivity index (χ0) is 11.5. The number of rotatable bonds is 2. The Morgan fingerprint density at radius 2 is 2.19 bits per heavy atom. The maximum atomic E-state index is 11.8. The summed E-state index contributed by atoms with van der Waals surface area (Å²) in [5.74, 6) is -0.253. The van der Waals surface area contributed by atoms with Gasteiger partial charge in [0.15, 0.2) is 5.69 Å². The molecule has 0 bridgehead atoms. The van der Waals surface area contributed by atoms with Gasteiger partial charge in [0.1, 0.15) is 6.26 Å². The van der Waals surface area contributed by atoms with Gasteiger partial charge in [-0.15, -0.1) is 0 Å². The molecule has 16 heavy (non-hydrogen) atoms. The summed E-state index contributed by atoms with van der Waals surface area (Å²) in [6.45, 7) is 3.75. The lowest BCUT2D eigenvalue weighted by Gasteiger charge is -2.03. The first-order chi connectivity index (χ1) is 7.66. The van der Waals surface area contributed by atoms with E-state index in [2.05, 4.69) is 10.5 Å². The van der Waals surface area contributed by atoms with E-state index in [0.717, 1.165) is 16.8 Å². The summed E-state index contributed by atoms with van der Waals surface area (Å²) in [6, 6.07) is 7.59. The zero-order valence-electron chi connectivity index (χ0n) is 9.15. The number of nitrogens with zero attached hydrogens (tertiary/aromatic N) is 1. The molecule has 0 aliphatic heterocycles. The first-order valence-electron chi connectivity index (χ1n) is 4.96. The van der Waals surface area contributed by atoms with E-state index in [1.165, 1.54) is 6.26 Å². The number of aromatic nitrogens is 1. The molecule has 1 amide bonds. The number of amides is 1. The van der Waals surface area contributed by atoms with Crippen LogP contribution >= 0.6 is 0 Å². The molecule has 0 atom stereocenters. The minimum atomic E-state index is -0.253. The van der Waals surface area contributed by atoms with Gasteiger partial charge in [-0.2, -0.15) is 0 Å². The summed E-state index contributed by atoms with van der Waals surface area (Å²) in [6.07, 6.45) is 1.45. The molecule has 1 aromatic heterocycles. The highest BCUT2D eigenvalue weighted by molar-refractivity contribution is 6.03. The molecule has 0 fully saturated rings. The first kappa shape index (κ1) is 10.4. The predicted octanol–water partition coefficient (Wildman–Crippen LogP) is 2.54. The Bertz CT molecular complexity index is 517. The van der Waals surface area contributed by atoms with Gasteiger partial charge in [-0.05, 0) is 31.5 Å². The van der Waals surface area contributed by atoms with E-state index in [0.29, 0.717) is 5.69 Å². The second-order valence-corrected chi connectivity index (χ2v) is 3.67. The van der Waals surface area contributed by atoms with Gasteiger partial charge in [0.05, 0.1) is 0 Å². The number of anilines is 1. The quantitative estimate of drug-likeness (QED) is 0.839. The molecule has 0 saturated heterocycles. The fourth-order valence-electron chi connectivity index (χ4n) is 1.42. The van der Waals surface area contributed by atoms with E-state index in [1.54, 1.807) is 6.92 Å². The van der Waals surface area contributed by atoms with Crippen LogP contribution in [0.4, 0.5) is 5.69 Å². The minimum absolute atomic E-state index is 0.253. The third-order valence-electron chi connectivity index (χ3n) is 2.24. The summed E-state index contributed by atoms with van der Waals surface area (Å²) < 4.78 is 4.72. The van der Waals surface area contributed by atoms with Gasteiger partial charge in [-0.1, -0.05) is 17.3 Å². The number of carbonyl (C=O) groups excluding carboxylic acids is 1. The lowest BCUT2D eigenvalue weighted by atomic mass is 10.2. The average Bonchev–Trinajstić information content (AvgIpc) is 2.64. The molecular weight excluding hydrogens is 204 g/mol. The highest BCUT2D eigenvalue weighted by atomic mass is 16.5. The van der Waals surface area contributed by atoms with Crippen LogP contribution in [0.25, 0.3) is 0 Å². The number of aryl methyl sites for hydroxylation is 2. The number of carbonyl (C=O) groups is 1. The van der Waals surface area contributed by atoms with Crippen molar-refractivity contribution in [2.24, 2.45) is 0 Å². The van der Waals surface area contributed by atoms with E-state index in [9.17, 15) is 4.79 Å². The highest BCUT2D eigenvalue weighted by Gasteiger charge is 2.13. The number of hydrogen-bond acceptors (Lipinski definition) is 3. The zero-order valence-corrected chi connectivity index (χ0v) is 9.15. The molecule has 82 valence electrons. The van der Waals surface area contributed by atoms with Crippen molar-refractivity contribution in [3.8, 4) is 0 Å². The van der Waals surface area contributed by atoms with Crippen LogP contribution in [0.15, 0.2) is 35.1 Å². The maximum absolute atomic E-state index is 11.8. The highest BCUT2D eigenvalue weighted by Crippen LogP contribution is 2.12. The second-order valence-electron chi connectivity index (χ2n) is 3.67. The van der Waals surface area contributed by atoms with E-state index < -0.39 is 0 Å². The third-order valence-corrected chi connectivity index (χ3v) is 2.24. The Labute approximate surface area is 93.3 Å². The van der Waals surface area contributed by atoms with Crippen molar-refractivity contribution in [2.45, 2.75) is 13.8 Å². The Morgan fingerprint density at radius 1 is 1.38 bits per heavy atom. The Hall–Kier alpha value is -2.10. The van der Waals surface area contributed by atoms with Crippen molar-refractivity contribution in [3.05, 3.63) is 47.3 Å². The molecule has 0 aliphatic carbocycles. The average molecular weight is 216 g/mol. The lowest BCUT2D eigenvalue weighted by molar-refractivity contribution is 0.101. The third kappa shape index (κ3) is 2.11. The van der Waals surface area contributed by atoms with Gasteiger partial charge >= 0.3 is 0 Å². The maximum Gasteiger partial charge on any atom is 0.278 e. The van der Waals surface area contributed by atoms with Crippen LogP contribution in [0.1, 0.15) is 21.6 Å². The molecule has 2 rings (SSSR count). The van der Waals surface area contributed by atoms with Gasteiger partial charge in [0.25, 0.3) is 5.91 Å². The summed E-state index contributed by atoms with van der Waals surface area (Å²) in [5, 5.41) is 6.41. The number of benzene rings is 1. The van der Waals surface area contributed by atoms with Crippen molar-refractivity contribution >= 4 is 11.6 Å². The Kier molecular flexibility index (Phi) is 2.72. The molecule has 4 nitrogen and oxygen atoms in total. The second kappa shape index (κ2) is 4.18. The van der Waals surface area contributed by atoms with E-state index in [-0.39, 0.29) is 5.91 Å². The number of hydrogen-bond donors (Lipinski definition) is 1. The molecule has 1 heterocycles. The van der Waals surface area contributed by atoms with Crippen molar-refractivity contribution in [1.82, 2.24) is 5.16 Å². The largest absolute Gasteiger partial charge is 0.364 e. The molecular formula is C12H12N2O2. The molecule has 0 saturated carbocycles. The predicted molar refractivity (Wildman–Crippen MR) is 60.4 cm³/mol. The van der Waals surface area contributed by atoms with Crippen molar-refractivity contribution < 1.29 is 9.32 Å². The Morgan fingerprint density at radius 3 is 2.81 bits per heavy atom. The SMILES string of the molecule is Cc1cccc(NC(=O)c2nocc2C)c1. The fraction of sp³-hybridized carbons (Fsp3) is 0.167. The minimum Gasteiger partial charge on any atom is -0.364 e. The van der Waals surface area contributed by atoms with Crippen molar-refractivity contribution in [2.75, 3.05) is 5.32 Å². The summed E-state index contributed by atoms with van der Waals surface area (Å²) >= 11 is 0. The smallest absolute Gasteiger partial charge is 0.278 e. The van der Waals surface area contributed by atoms with Crippen LogP contribution < -0.4 is 5.32 Å². The topological polar surface area (TPSA) is 55.1 Å². The normalized spacial score (nSPS) is 10.1. The summed E-state index contributed by atoms with van der Waals surface area (Å²) in [4.78, 5) is 11.8. The molecule has 0 radical (unpaired) electrons. The van der Waals surface area contributed by atoms with E-state index >= 15 is 0 Å². The molecule has 4 heteroatoms. The molecule has 0 unspecified atom stereocenters. The summed E-state index contributed by atoms with van der Waals surface area (Å²) in [5.41, 5.74) is 2.90. The van der Waals surface area contributed by atoms with Gasteiger partial charge < -0.3 is 9.84 Å². The van der Waals surface area contributed by atoms with Crippen LogP contribution in [0.3, 0.4) is 0 Å². The lowest BCUT2D eigenvalue weighted by Crippen LogP contribution is -2.13. The molecule has 0 spiro atoms. The molecule has 1 aromatic carbocycles. The van der Waals surface area contributed by atoms with Crippen molar-refractivity contribution in [1.29, 1.82) is 0 Å². The van der Waals surface area contributed by atoms with Crippen molar-refractivity contribution in [3.63, 3.8) is 0 Å². The van der Waals surface area contributed by atoms with Gasteiger partial charge in [0.2, 0.25) is 0 Å². The Balaban J connectivity index is 2.17. The van der Waals surface area contributed by atoms with Crippen LogP contribution in [-0.4, -0.2) is 11.1 Å². The van der Waals surface area contributed by atoms with Crippen LogP contribution in [0.2, 0.25) is 0 Å². The summed E-state index contributed by atoms with van der Waals surface area (Å²) in [7, 11) is 0. The first-order valence-corrected chi connectivity index (χ1v) is 4.96. The number of nitrogens with one attached hydrogen (secondary N) is 1. The molecule has 1 N–H and O–H groups in total. The van der Waals surface area contributed by atoms with Gasteiger partial charge in [-0.25, -0.2) is 0 Å². The van der Waals surface area contributed by atoms with E-state index in [4.69, 9.17) is 4.52 Å². The van der Waals surface area contributed by atoms with Gasteiger partial charge in [-0.3, -0.25) is 4.79 Å². The monoisotopic (exact) mass is 216 g/mol. The van der Waals surface area contributed by atoms with Crippen LogP contribution in [0.5, 0.6) is 0 Å². The standard InChI is InChI=1S/C12H12N2O2/c1-8-4-3-5-10(6-8)13-12(15)11-9(2)7-16-14-11/h3-7H,1-2H3,(H,13,15). The van der Waals surface area contributed by atoms with Gasteiger partial charge in [0, 0.05) is 11.3 Å². The van der Waals surface area contributed by atoms with Crippen LogP contribution in [0, 0.1) is 13.8 Å². The van der Waals surface area contributed by atoms with Crippen LogP contribution in [-0.2, 0) is 0 Å². The molecule has 0 aliphatic rings. The van der Waals surface area contributed by atoms with E-state index in [1.807, 2.05) is 31.2 Å².